The lowest BCUT2D eigenvalue weighted by atomic mass is 10.1. The number of rotatable bonds is 2. The Morgan fingerprint density at radius 1 is 1.17 bits per heavy atom. The molecule has 0 aliphatic carbocycles. The Hall–Kier alpha value is -1.63. The molecule has 6 heteroatoms. The number of H-pyrrole nitrogens is 1. The number of nitrogens with zero attached hydrogens (tertiary/aromatic N) is 1. The highest BCUT2D eigenvalue weighted by atomic mass is 79.9. The summed E-state index contributed by atoms with van der Waals surface area (Å²) in [6.07, 6.45) is 0.707. The van der Waals surface area contributed by atoms with Gasteiger partial charge in [0.1, 0.15) is 0 Å². The van der Waals surface area contributed by atoms with Crippen molar-refractivity contribution in [3.8, 4) is 0 Å². The van der Waals surface area contributed by atoms with Crippen molar-refractivity contribution in [3.05, 3.63) is 63.8 Å². The first kappa shape index (κ1) is 15.9. The zero-order valence-corrected chi connectivity index (χ0v) is 15.6. The van der Waals surface area contributed by atoms with Gasteiger partial charge in [0.05, 0.1) is 4.90 Å². The lowest BCUT2D eigenvalue weighted by Crippen LogP contribution is -2.35. The first-order valence-corrected chi connectivity index (χ1v) is 10.0. The molecule has 1 aliphatic heterocycles. The molecule has 1 aromatic heterocycles. The molecule has 1 aliphatic rings. The van der Waals surface area contributed by atoms with E-state index in [1.54, 1.807) is 22.5 Å². The molecule has 0 amide bonds. The normalized spacial score (nSPS) is 15.6. The number of halogens is 1. The van der Waals surface area contributed by atoms with Crippen molar-refractivity contribution in [3.63, 3.8) is 0 Å². The molecular formula is C18H17BrN2O2S. The molecular weight excluding hydrogens is 388 g/mol. The minimum atomic E-state index is -3.49. The Morgan fingerprint density at radius 2 is 1.96 bits per heavy atom. The molecule has 0 fully saturated rings. The highest BCUT2D eigenvalue weighted by molar-refractivity contribution is 9.10. The molecule has 0 unspecified atom stereocenters. The second kappa shape index (κ2) is 5.72. The Kier molecular flexibility index (Phi) is 3.78. The number of fused-ring (bicyclic) bond motifs is 3. The van der Waals surface area contributed by atoms with Gasteiger partial charge in [-0.15, -0.1) is 0 Å². The standard InChI is InChI=1S/C18H17BrN2O2S/c1-12-10-13(6-7-16(12)19)24(22,23)21-9-8-18-15(11-21)14-4-2-3-5-17(14)20-18/h2-7,10,20H,8-9,11H2,1H3. The largest absolute Gasteiger partial charge is 0.358 e. The molecule has 0 spiro atoms. The van der Waals surface area contributed by atoms with Crippen LogP contribution in [0.4, 0.5) is 0 Å². The van der Waals surface area contributed by atoms with Gasteiger partial charge in [-0.2, -0.15) is 4.31 Å². The SMILES string of the molecule is Cc1cc(S(=O)(=O)N2CCc3[nH]c4ccccc4c3C2)ccc1Br. The molecule has 1 N–H and O–H groups in total. The molecule has 0 bridgehead atoms. The summed E-state index contributed by atoms with van der Waals surface area (Å²) in [5.74, 6) is 0. The fourth-order valence-corrected chi connectivity index (χ4v) is 5.01. The summed E-state index contributed by atoms with van der Waals surface area (Å²) >= 11 is 3.42. The number of aromatic amines is 1. The van der Waals surface area contributed by atoms with Crippen LogP contribution in [0.1, 0.15) is 16.8 Å². The highest BCUT2D eigenvalue weighted by Crippen LogP contribution is 2.31. The van der Waals surface area contributed by atoms with Crippen molar-refractivity contribution in [2.24, 2.45) is 0 Å². The molecule has 3 aromatic rings. The maximum absolute atomic E-state index is 13.0. The smallest absolute Gasteiger partial charge is 0.243 e. The van der Waals surface area contributed by atoms with Gasteiger partial charge in [-0.05, 0) is 42.3 Å². The first-order valence-electron chi connectivity index (χ1n) is 7.81. The summed E-state index contributed by atoms with van der Waals surface area (Å²) in [5.41, 5.74) is 4.23. The topological polar surface area (TPSA) is 53.2 Å². The average molecular weight is 405 g/mol. The quantitative estimate of drug-likeness (QED) is 0.701. The Morgan fingerprint density at radius 3 is 2.75 bits per heavy atom. The Balaban J connectivity index is 1.74. The second-order valence-corrected chi connectivity index (χ2v) is 8.92. The minimum absolute atomic E-state index is 0.353. The molecule has 0 atom stereocenters. The van der Waals surface area contributed by atoms with E-state index in [1.165, 1.54) is 0 Å². The van der Waals surface area contributed by atoms with E-state index in [-0.39, 0.29) is 0 Å². The van der Waals surface area contributed by atoms with E-state index < -0.39 is 10.0 Å². The van der Waals surface area contributed by atoms with Crippen LogP contribution in [0.2, 0.25) is 0 Å². The summed E-state index contributed by atoms with van der Waals surface area (Å²) < 4.78 is 28.5. The van der Waals surface area contributed by atoms with Crippen LogP contribution in [0.15, 0.2) is 51.8 Å². The summed E-state index contributed by atoms with van der Waals surface area (Å²) in [6, 6.07) is 13.2. The van der Waals surface area contributed by atoms with Crippen molar-refractivity contribution < 1.29 is 8.42 Å². The average Bonchev–Trinajstić information content (AvgIpc) is 2.95. The van der Waals surface area contributed by atoms with Gasteiger partial charge in [0.25, 0.3) is 0 Å². The zero-order valence-electron chi connectivity index (χ0n) is 13.2. The minimum Gasteiger partial charge on any atom is -0.358 e. The van der Waals surface area contributed by atoms with E-state index in [4.69, 9.17) is 0 Å². The molecule has 4 nitrogen and oxygen atoms in total. The fraction of sp³-hybridized carbons (Fsp3) is 0.222. The molecule has 4 rings (SSSR count). The van der Waals surface area contributed by atoms with Crippen molar-refractivity contribution in [2.45, 2.75) is 24.8 Å². The van der Waals surface area contributed by atoms with Gasteiger partial charge in [-0.3, -0.25) is 0 Å². The van der Waals surface area contributed by atoms with Crippen LogP contribution in [-0.2, 0) is 23.0 Å². The molecule has 0 saturated heterocycles. The molecule has 2 heterocycles. The fourth-order valence-electron chi connectivity index (χ4n) is 3.27. The van der Waals surface area contributed by atoms with Crippen molar-refractivity contribution >= 4 is 36.9 Å². The van der Waals surface area contributed by atoms with Crippen LogP contribution < -0.4 is 0 Å². The summed E-state index contributed by atoms with van der Waals surface area (Å²) in [5, 5.41) is 1.11. The van der Waals surface area contributed by atoms with Crippen LogP contribution >= 0.6 is 15.9 Å². The van der Waals surface area contributed by atoms with Gasteiger partial charge >= 0.3 is 0 Å². The number of benzene rings is 2. The first-order chi connectivity index (χ1) is 11.5. The van der Waals surface area contributed by atoms with E-state index in [0.717, 1.165) is 32.2 Å². The number of para-hydroxylation sites is 1. The van der Waals surface area contributed by atoms with Gasteiger partial charge in [0.2, 0.25) is 10.0 Å². The van der Waals surface area contributed by atoms with E-state index in [1.807, 2.05) is 31.2 Å². The van der Waals surface area contributed by atoms with Crippen LogP contribution in [0.3, 0.4) is 0 Å². The van der Waals surface area contributed by atoms with E-state index in [9.17, 15) is 8.42 Å². The van der Waals surface area contributed by atoms with Gasteiger partial charge in [0, 0.05) is 40.6 Å². The maximum atomic E-state index is 13.0. The lowest BCUT2D eigenvalue weighted by molar-refractivity contribution is 0.391. The van der Waals surface area contributed by atoms with Gasteiger partial charge in [0.15, 0.2) is 0 Å². The summed E-state index contributed by atoms with van der Waals surface area (Å²) in [6.45, 7) is 2.81. The van der Waals surface area contributed by atoms with Crippen LogP contribution in [0.5, 0.6) is 0 Å². The van der Waals surface area contributed by atoms with E-state index in [2.05, 4.69) is 20.9 Å². The van der Waals surface area contributed by atoms with Crippen LogP contribution in [0.25, 0.3) is 10.9 Å². The molecule has 0 radical (unpaired) electrons. The highest BCUT2D eigenvalue weighted by Gasteiger charge is 2.30. The van der Waals surface area contributed by atoms with Gasteiger partial charge < -0.3 is 4.98 Å². The predicted molar refractivity (Wildman–Crippen MR) is 98.5 cm³/mol. The van der Waals surface area contributed by atoms with Crippen molar-refractivity contribution in [2.75, 3.05) is 6.54 Å². The number of hydrogen-bond donors (Lipinski definition) is 1. The van der Waals surface area contributed by atoms with Gasteiger partial charge in [-0.25, -0.2) is 8.42 Å². The Bertz CT molecular complexity index is 1040. The number of nitrogens with one attached hydrogen (secondary N) is 1. The second-order valence-electron chi connectivity index (χ2n) is 6.13. The predicted octanol–water partition coefficient (Wildman–Crippen LogP) is 3.99. The molecule has 2 aromatic carbocycles. The lowest BCUT2D eigenvalue weighted by Gasteiger charge is -2.26. The van der Waals surface area contributed by atoms with Crippen LogP contribution in [0, 0.1) is 6.92 Å². The van der Waals surface area contributed by atoms with Crippen molar-refractivity contribution in [1.29, 1.82) is 0 Å². The maximum Gasteiger partial charge on any atom is 0.243 e. The number of aromatic nitrogens is 1. The zero-order chi connectivity index (χ0) is 16.9. The number of sulfonamides is 1. The third kappa shape index (κ3) is 2.49. The third-order valence-corrected chi connectivity index (χ3v) is 7.35. The summed E-state index contributed by atoms with van der Waals surface area (Å²) in [7, 11) is -3.49. The number of hydrogen-bond acceptors (Lipinski definition) is 2. The number of aryl methyl sites for hydroxylation is 1. The molecule has 24 heavy (non-hydrogen) atoms. The van der Waals surface area contributed by atoms with Gasteiger partial charge in [-0.1, -0.05) is 34.1 Å². The summed E-state index contributed by atoms with van der Waals surface area (Å²) in [4.78, 5) is 3.77. The Labute approximate surface area is 149 Å². The third-order valence-electron chi connectivity index (χ3n) is 4.61. The van der Waals surface area contributed by atoms with E-state index in [0.29, 0.717) is 24.4 Å². The van der Waals surface area contributed by atoms with Crippen molar-refractivity contribution in [1.82, 2.24) is 9.29 Å². The molecule has 0 saturated carbocycles. The van der Waals surface area contributed by atoms with E-state index >= 15 is 0 Å². The monoisotopic (exact) mass is 404 g/mol. The van der Waals surface area contributed by atoms with Crippen LogP contribution in [-0.4, -0.2) is 24.3 Å². The molecule has 124 valence electrons.